The Morgan fingerprint density at radius 3 is 2.47 bits per heavy atom. The fraction of sp³-hybridized carbons (Fsp3) is 0.333. The molecular formula is C15H18FN3. The predicted molar refractivity (Wildman–Crippen MR) is 74.3 cm³/mol. The van der Waals surface area contributed by atoms with Crippen LogP contribution in [0.1, 0.15) is 37.8 Å². The van der Waals surface area contributed by atoms with Gasteiger partial charge in [0.1, 0.15) is 12.1 Å². The zero-order valence-electron chi connectivity index (χ0n) is 11.0. The van der Waals surface area contributed by atoms with Gasteiger partial charge in [0.25, 0.3) is 0 Å². The standard InChI is InChI=1S/C15H18FN3/c1-2-3-4-15(12-5-7-13(16)8-6-12)19-14-9-17-11-18-10-14/h5-11,15,19H,2-4H2,1H3. The summed E-state index contributed by atoms with van der Waals surface area (Å²) in [5, 5.41) is 3.40. The summed E-state index contributed by atoms with van der Waals surface area (Å²) in [5.74, 6) is -0.207. The molecule has 1 heterocycles. The van der Waals surface area contributed by atoms with Crippen molar-refractivity contribution >= 4 is 5.69 Å². The summed E-state index contributed by atoms with van der Waals surface area (Å²) in [7, 11) is 0. The quantitative estimate of drug-likeness (QED) is 0.853. The molecule has 0 saturated heterocycles. The summed E-state index contributed by atoms with van der Waals surface area (Å²) < 4.78 is 13.0. The lowest BCUT2D eigenvalue weighted by Crippen LogP contribution is -2.11. The fourth-order valence-corrected chi connectivity index (χ4v) is 2.00. The van der Waals surface area contributed by atoms with Crippen molar-refractivity contribution in [2.45, 2.75) is 32.2 Å². The number of nitrogens with one attached hydrogen (secondary N) is 1. The van der Waals surface area contributed by atoms with E-state index in [0.717, 1.165) is 30.5 Å². The molecule has 0 saturated carbocycles. The van der Waals surface area contributed by atoms with E-state index in [1.165, 1.54) is 18.5 Å². The van der Waals surface area contributed by atoms with Crippen molar-refractivity contribution in [3.63, 3.8) is 0 Å². The average molecular weight is 259 g/mol. The zero-order valence-corrected chi connectivity index (χ0v) is 11.0. The molecule has 1 N–H and O–H groups in total. The second kappa shape index (κ2) is 6.83. The lowest BCUT2D eigenvalue weighted by Gasteiger charge is -2.19. The van der Waals surface area contributed by atoms with E-state index >= 15 is 0 Å². The second-order valence-corrected chi connectivity index (χ2v) is 4.52. The van der Waals surface area contributed by atoms with Crippen LogP contribution in [0, 0.1) is 5.82 Å². The smallest absolute Gasteiger partial charge is 0.123 e. The Hall–Kier alpha value is -1.97. The van der Waals surface area contributed by atoms with Gasteiger partial charge in [0.2, 0.25) is 0 Å². The van der Waals surface area contributed by atoms with E-state index in [-0.39, 0.29) is 11.9 Å². The molecule has 0 amide bonds. The maximum Gasteiger partial charge on any atom is 0.123 e. The number of benzene rings is 1. The third-order valence-corrected chi connectivity index (χ3v) is 3.02. The number of aromatic nitrogens is 2. The molecule has 0 fully saturated rings. The molecule has 1 atom stereocenters. The first-order valence-corrected chi connectivity index (χ1v) is 6.56. The van der Waals surface area contributed by atoms with Gasteiger partial charge in [0.05, 0.1) is 24.1 Å². The van der Waals surface area contributed by atoms with Gasteiger partial charge in [-0.2, -0.15) is 0 Å². The number of hydrogen-bond acceptors (Lipinski definition) is 3. The summed E-state index contributed by atoms with van der Waals surface area (Å²) in [6, 6.07) is 6.81. The summed E-state index contributed by atoms with van der Waals surface area (Å²) >= 11 is 0. The largest absolute Gasteiger partial charge is 0.376 e. The summed E-state index contributed by atoms with van der Waals surface area (Å²) in [6.45, 7) is 2.16. The Kier molecular flexibility index (Phi) is 4.84. The molecule has 0 radical (unpaired) electrons. The van der Waals surface area contributed by atoms with Gasteiger partial charge in [-0.1, -0.05) is 31.9 Å². The van der Waals surface area contributed by atoms with Gasteiger partial charge < -0.3 is 5.32 Å². The molecule has 3 nitrogen and oxygen atoms in total. The first-order chi connectivity index (χ1) is 9.29. The topological polar surface area (TPSA) is 37.8 Å². The molecule has 0 aliphatic heterocycles. The van der Waals surface area contributed by atoms with E-state index in [1.807, 2.05) is 12.1 Å². The second-order valence-electron chi connectivity index (χ2n) is 4.52. The minimum absolute atomic E-state index is 0.159. The number of halogens is 1. The monoisotopic (exact) mass is 259 g/mol. The first kappa shape index (κ1) is 13.5. The Labute approximate surface area is 112 Å². The van der Waals surface area contributed by atoms with Crippen molar-refractivity contribution in [3.8, 4) is 0 Å². The fourth-order valence-electron chi connectivity index (χ4n) is 2.00. The zero-order chi connectivity index (χ0) is 13.5. The number of rotatable bonds is 6. The normalized spacial score (nSPS) is 12.1. The van der Waals surface area contributed by atoms with Crippen LogP contribution in [0.3, 0.4) is 0 Å². The van der Waals surface area contributed by atoms with Gasteiger partial charge in [-0.15, -0.1) is 0 Å². The van der Waals surface area contributed by atoms with Crippen LogP contribution in [0.5, 0.6) is 0 Å². The molecule has 2 aromatic rings. The van der Waals surface area contributed by atoms with Crippen molar-refractivity contribution in [3.05, 3.63) is 54.4 Å². The number of hydrogen-bond donors (Lipinski definition) is 1. The highest BCUT2D eigenvalue weighted by Gasteiger charge is 2.11. The van der Waals surface area contributed by atoms with E-state index in [2.05, 4.69) is 22.2 Å². The van der Waals surface area contributed by atoms with Gasteiger partial charge in [-0.05, 0) is 24.1 Å². The summed E-state index contributed by atoms with van der Waals surface area (Å²) in [4.78, 5) is 7.98. The molecule has 0 bridgehead atoms. The summed E-state index contributed by atoms with van der Waals surface area (Å²) in [5.41, 5.74) is 1.96. The minimum Gasteiger partial charge on any atom is -0.376 e. The van der Waals surface area contributed by atoms with Gasteiger partial charge in [-0.25, -0.2) is 14.4 Å². The van der Waals surface area contributed by atoms with E-state index in [4.69, 9.17) is 0 Å². The van der Waals surface area contributed by atoms with E-state index in [1.54, 1.807) is 12.4 Å². The van der Waals surface area contributed by atoms with E-state index in [9.17, 15) is 4.39 Å². The molecule has 100 valence electrons. The average Bonchev–Trinajstić information content (AvgIpc) is 2.45. The van der Waals surface area contributed by atoms with Crippen molar-refractivity contribution in [1.82, 2.24) is 9.97 Å². The van der Waals surface area contributed by atoms with Crippen LogP contribution in [0.15, 0.2) is 43.0 Å². The van der Waals surface area contributed by atoms with Crippen LogP contribution in [-0.2, 0) is 0 Å². The first-order valence-electron chi connectivity index (χ1n) is 6.56. The highest BCUT2D eigenvalue weighted by atomic mass is 19.1. The SMILES string of the molecule is CCCCC(Nc1cncnc1)c1ccc(F)cc1. The predicted octanol–water partition coefficient (Wildman–Crippen LogP) is 3.96. The van der Waals surface area contributed by atoms with Crippen molar-refractivity contribution in [2.75, 3.05) is 5.32 Å². The maximum absolute atomic E-state index is 13.0. The van der Waals surface area contributed by atoms with Gasteiger partial charge in [0, 0.05) is 0 Å². The van der Waals surface area contributed by atoms with Crippen LogP contribution in [0.25, 0.3) is 0 Å². The number of unbranched alkanes of at least 4 members (excludes halogenated alkanes) is 1. The van der Waals surface area contributed by atoms with E-state index < -0.39 is 0 Å². The molecule has 2 rings (SSSR count). The van der Waals surface area contributed by atoms with Crippen molar-refractivity contribution in [1.29, 1.82) is 0 Å². The van der Waals surface area contributed by atoms with Crippen LogP contribution in [0.2, 0.25) is 0 Å². The van der Waals surface area contributed by atoms with Gasteiger partial charge in [0.15, 0.2) is 0 Å². The Balaban J connectivity index is 2.13. The number of anilines is 1. The molecule has 0 spiro atoms. The molecule has 0 aliphatic carbocycles. The Morgan fingerprint density at radius 2 is 1.84 bits per heavy atom. The molecule has 1 unspecified atom stereocenters. The maximum atomic E-state index is 13.0. The molecule has 19 heavy (non-hydrogen) atoms. The highest BCUT2D eigenvalue weighted by molar-refractivity contribution is 5.41. The lowest BCUT2D eigenvalue weighted by molar-refractivity contribution is 0.616. The van der Waals surface area contributed by atoms with Crippen LogP contribution >= 0.6 is 0 Å². The minimum atomic E-state index is -0.207. The Morgan fingerprint density at radius 1 is 1.16 bits per heavy atom. The summed E-state index contributed by atoms with van der Waals surface area (Å²) in [6.07, 6.45) is 8.24. The van der Waals surface area contributed by atoms with Crippen LogP contribution in [-0.4, -0.2) is 9.97 Å². The van der Waals surface area contributed by atoms with Crippen molar-refractivity contribution < 1.29 is 4.39 Å². The van der Waals surface area contributed by atoms with E-state index in [0.29, 0.717) is 0 Å². The molecule has 1 aromatic heterocycles. The third kappa shape index (κ3) is 4.02. The highest BCUT2D eigenvalue weighted by Crippen LogP contribution is 2.24. The molecular weight excluding hydrogens is 241 g/mol. The van der Waals surface area contributed by atoms with Gasteiger partial charge in [-0.3, -0.25) is 0 Å². The van der Waals surface area contributed by atoms with Crippen molar-refractivity contribution in [2.24, 2.45) is 0 Å². The number of nitrogens with zero attached hydrogens (tertiary/aromatic N) is 2. The molecule has 1 aromatic carbocycles. The lowest BCUT2D eigenvalue weighted by atomic mass is 10.0. The third-order valence-electron chi connectivity index (χ3n) is 3.02. The van der Waals surface area contributed by atoms with Crippen LogP contribution < -0.4 is 5.32 Å². The van der Waals surface area contributed by atoms with Gasteiger partial charge >= 0.3 is 0 Å². The molecule has 0 aliphatic rings. The van der Waals surface area contributed by atoms with Crippen LogP contribution in [0.4, 0.5) is 10.1 Å². The Bertz CT molecular complexity index is 485. The molecule has 4 heteroatoms.